The van der Waals surface area contributed by atoms with Crippen molar-refractivity contribution in [2.24, 2.45) is 4.99 Å². The highest BCUT2D eigenvalue weighted by molar-refractivity contribution is 5.54. The molecule has 0 bridgehead atoms. The summed E-state index contributed by atoms with van der Waals surface area (Å²) in [6, 6.07) is 5.80. The molecule has 1 aromatic carbocycles. The highest BCUT2D eigenvalue weighted by Gasteiger charge is 2.47. The first-order valence-electron chi connectivity index (χ1n) is 7.80. The SMILES string of the molecule is COc1cccc(C2(N=C=O)CC2)c1OC1CCCN(C)C1. The smallest absolute Gasteiger partial charge is 0.235 e. The van der Waals surface area contributed by atoms with E-state index in [0.29, 0.717) is 5.75 Å². The Labute approximate surface area is 130 Å². The van der Waals surface area contributed by atoms with Crippen molar-refractivity contribution in [3.8, 4) is 11.5 Å². The van der Waals surface area contributed by atoms with Crippen LogP contribution in [0.2, 0.25) is 0 Å². The third kappa shape index (κ3) is 2.87. The Balaban J connectivity index is 1.92. The maximum Gasteiger partial charge on any atom is 0.235 e. The van der Waals surface area contributed by atoms with Crippen molar-refractivity contribution in [3.05, 3.63) is 23.8 Å². The number of ether oxygens (including phenoxy) is 2. The van der Waals surface area contributed by atoms with Gasteiger partial charge in [0.05, 0.1) is 7.11 Å². The molecule has 5 nitrogen and oxygen atoms in total. The fourth-order valence-electron chi connectivity index (χ4n) is 3.19. The van der Waals surface area contributed by atoms with Crippen LogP contribution < -0.4 is 9.47 Å². The minimum absolute atomic E-state index is 0.143. The second-order valence-electron chi connectivity index (χ2n) is 6.22. The zero-order valence-corrected chi connectivity index (χ0v) is 13.2. The summed E-state index contributed by atoms with van der Waals surface area (Å²) >= 11 is 0. The predicted octanol–water partition coefficient (Wildman–Crippen LogP) is 2.49. The second kappa shape index (κ2) is 6.11. The Hall–Kier alpha value is -1.84. The molecule has 1 aliphatic carbocycles. The standard InChI is InChI=1S/C17H22N2O3/c1-19-10-4-5-13(11-19)22-16-14(6-3-7-15(16)21-2)17(8-9-17)18-12-20/h3,6-7,13H,4-5,8-11H2,1-2H3. The third-order valence-electron chi connectivity index (χ3n) is 4.55. The van der Waals surface area contributed by atoms with Gasteiger partial charge in [0, 0.05) is 12.1 Å². The Kier molecular flexibility index (Phi) is 4.19. The van der Waals surface area contributed by atoms with E-state index in [0.717, 1.165) is 50.1 Å². The molecule has 3 rings (SSSR count). The van der Waals surface area contributed by atoms with Crippen molar-refractivity contribution in [2.45, 2.75) is 37.3 Å². The minimum Gasteiger partial charge on any atom is -0.493 e. The van der Waals surface area contributed by atoms with Crippen LogP contribution in [0.3, 0.4) is 0 Å². The quantitative estimate of drug-likeness (QED) is 0.619. The van der Waals surface area contributed by atoms with E-state index in [1.807, 2.05) is 18.2 Å². The van der Waals surface area contributed by atoms with Crippen molar-refractivity contribution < 1.29 is 14.3 Å². The monoisotopic (exact) mass is 302 g/mol. The summed E-state index contributed by atoms with van der Waals surface area (Å²) in [7, 11) is 3.75. The van der Waals surface area contributed by atoms with Crippen molar-refractivity contribution in [3.63, 3.8) is 0 Å². The lowest BCUT2D eigenvalue weighted by atomic mass is 10.0. The van der Waals surface area contributed by atoms with E-state index < -0.39 is 5.54 Å². The molecule has 1 unspecified atom stereocenters. The maximum absolute atomic E-state index is 10.8. The third-order valence-corrected chi connectivity index (χ3v) is 4.55. The summed E-state index contributed by atoms with van der Waals surface area (Å²) in [6.45, 7) is 2.01. The van der Waals surface area contributed by atoms with Gasteiger partial charge < -0.3 is 14.4 Å². The molecule has 1 aliphatic heterocycles. The molecular formula is C17H22N2O3. The number of nitrogens with zero attached hydrogens (tertiary/aromatic N) is 2. The van der Waals surface area contributed by atoms with E-state index in [1.165, 1.54) is 0 Å². The largest absolute Gasteiger partial charge is 0.493 e. The molecule has 0 aromatic heterocycles. The Morgan fingerprint density at radius 3 is 2.86 bits per heavy atom. The number of isocyanates is 1. The molecule has 0 radical (unpaired) electrons. The van der Waals surface area contributed by atoms with Crippen LogP contribution in [0.25, 0.3) is 0 Å². The number of hydrogen-bond donors (Lipinski definition) is 0. The first kappa shape index (κ1) is 15.1. The molecule has 5 heteroatoms. The van der Waals surface area contributed by atoms with E-state index in [9.17, 15) is 4.79 Å². The number of benzene rings is 1. The summed E-state index contributed by atoms with van der Waals surface area (Å²) in [4.78, 5) is 17.1. The van der Waals surface area contributed by atoms with Crippen LogP contribution in [0.1, 0.15) is 31.2 Å². The van der Waals surface area contributed by atoms with E-state index >= 15 is 0 Å². The maximum atomic E-state index is 10.8. The normalized spacial score (nSPS) is 23.5. The highest BCUT2D eigenvalue weighted by atomic mass is 16.5. The van der Waals surface area contributed by atoms with Crippen LogP contribution in [0.4, 0.5) is 0 Å². The van der Waals surface area contributed by atoms with Gasteiger partial charge in [0.2, 0.25) is 6.08 Å². The van der Waals surface area contributed by atoms with Crippen LogP contribution in [0.5, 0.6) is 11.5 Å². The van der Waals surface area contributed by atoms with E-state index in [1.54, 1.807) is 13.2 Å². The van der Waals surface area contributed by atoms with E-state index in [2.05, 4.69) is 16.9 Å². The zero-order valence-electron chi connectivity index (χ0n) is 13.2. The van der Waals surface area contributed by atoms with Crippen molar-refractivity contribution in [2.75, 3.05) is 27.2 Å². The second-order valence-corrected chi connectivity index (χ2v) is 6.22. The molecule has 1 aromatic rings. The topological polar surface area (TPSA) is 51.1 Å². The van der Waals surface area contributed by atoms with Crippen LogP contribution >= 0.6 is 0 Å². The van der Waals surface area contributed by atoms with Gasteiger partial charge in [-0.3, -0.25) is 0 Å². The number of methoxy groups -OCH3 is 1. The number of para-hydroxylation sites is 1. The molecule has 0 spiro atoms. The molecule has 1 saturated carbocycles. The molecule has 1 heterocycles. The average molecular weight is 302 g/mol. The first-order valence-corrected chi connectivity index (χ1v) is 7.80. The van der Waals surface area contributed by atoms with Crippen molar-refractivity contribution >= 4 is 6.08 Å². The number of rotatable bonds is 5. The van der Waals surface area contributed by atoms with Gasteiger partial charge in [-0.05, 0) is 45.3 Å². The Bertz CT molecular complexity index is 592. The van der Waals surface area contributed by atoms with Crippen LogP contribution in [0, 0.1) is 0 Å². The number of piperidine rings is 1. The van der Waals surface area contributed by atoms with E-state index in [4.69, 9.17) is 9.47 Å². The van der Waals surface area contributed by atoms with Crippen LogP contribution in [-0.2, 0) is 10.3 Å². The van der Waals surface area contributed by atoms with Gasteiger partial charge in [-0.2, -0.15) is 4.99 Å². The minimum atomic E-state index is -0.452. The van der Waals surface area contributed by atoms with Gasteiger partial charge in [-0.25, -0.2) is 4.79 Å². The van der Waals surface area contributed by atoms with Crippen LogP contribution in [-0.4, -0.2) is 44.3 Å². The molecule has 118 valence electrons. The number of aliphatic imine (C=N–C) groups is 1. The van der Waals surface area contributed by atoms with Crippen molar-refractivity contribution in [1.29, 1.82) is 0 Å². The molecule has 0 amide bonds. The molecule has 1 atom stereocenters. The Morgan fingerprint density at radius 2 is 2.23 bits per heavy atom. The lowest BCUT2D eigenvalue weighted by molar-refractivity contribution is 0.0997. The number of likely N-dealkylation sites (N-methyl/N-ethyl adjacent to an activating group) is 1. The van der Waals surface area contributed by atoms with E-state index in [-0.39, 0.29) is 6.10 Å². The summed E-state index contributed by atoms with van der Waals surface area (Å²) in [5, 5.41) is 0. The molecule has 2 aliphatic rings. The summed E-state index contributed by atoms with van der Waals surface area (Å²) in [5.74, 6) is 1.44. The van der Waals surface area contributed by atoms with Gasteiger partial charge in [-0.1, -0.05) is 12.1 Å². The lowest BCUT2D eigenvalue weighted by Crippen LogP contribution is -2.38. The van der Waals surface area contributed by atoms with Crippen LogP contribution in [0.15, 0.2) is 23.2 Å². The molecule has 0 N–H and O–H groups in total. The summed E-state index contributed by atoms with van der Waals surface area (Å²) < 4.78 is 11.8. The number of likely N-dealkylation sites (tertiary alicyclic amines) is 1. The fraction of sp³-hybridized carbons (Fsp3) is 0.588. The van der Waals surface area contributed by atoms with Gasteiger partial charge in [0.1, 0.15) is 11.6 Å². The fourth-order valence-corrected chi connectivity index (χ4v) is 3.19. The van der Waals surface area contributed by atoms with Gasteiger partial charge in [0.25, 0.3) is 0 Å². The summed E-state index contributed by atoms with van der Waals surface area (Å²) in [6.07, 6.45) is 5.73. The highest BCUT2D eigenvalue weighted by Crippen LogP contribution is 2.54. The zero-order chi connectivity index (χ0) is 15.6. The van der Waals surface area contributed by atoms with Gasteiger partial charge >= 0.3 is 0 Å². The molecule has 22 heavy (non-hydrogen) atoms. The Morgan fingerprint density at radius 1 is 1.41 bits per heavy atom. The molecule has 1 saturated heterocycles. The van der Waals surface area contributed by atoms with Gasteiger partial charge in [-0.15, -0.1) is 0 Å². The molecule has 2 fully saturated rings. The number of hydrogen-bond acceptors (Lipinski definition) is 5. The number of carbonyl (C=O) groups excluding carboxylic acids is 1. The summed E-state index contributed by atoms with van der Waals surface area (Å²) in [5.41, 5.74) is 0.495. The lowest BCUT2D eigenvalue weighted by Gasteiger charge is -2.31. The first-order chi connectivity index (χ1) is 10.7. The predicted molar refractivity (Wildman–Crippen MR) is 83.2 cm³/mol. The molecular weight excluding hydrogens is 280 g/mol. The average Bonchev–Trinajstić information content (AvgIpc) is 3.28. The van der Waals surface area contributed by atoms with Crippen molar-refractivity contribution in [1.82, 2.24) is 4.90 Å². The van der Waals surface area contributed by atoms with Gasteiger partial charge in [0.15, 0.2) is 11.5 Å².